The molecule has 1 amide bonds. The maximum absolute atomic E-state index is 13.1. The number of benzene rings is 1. The average molecular weight is 473 g/mol. The Morgan fingerprint density at radius 2 is 2.00 bits per heavy atom. The van der Waals surface area contributed by atoms with Crippen molar-refractivity contribution in [2.75, 3.05) is 60.8 Å². The summed E-state index contributed by atoms with van der Waals surface area (Å²) in [5.74, 6) is -0.402. The molecule has 35 heavy (non-hydrogen) atoms. The van der Waals surface area contributed by atoms with Crippen LogP contribution in [-0.4, -0.2) is 74.9 Å². The molecule has 0 saturated carbocycles. The molecule has 0 bridgehead atoms. The van der Waals surface area contributed by atoms with Crippen LogP contribution in [-0.2, 0) is 9.39 Å². The minimum Gasteiger partial charge on any atom is -0.445 e. The molecule has 180 valence electrons. The van der Waals surface area contributed by atoms with E-state index in [0.29, 0.717) is 31.2 Å². The number of nitrogen functional groups attached to an aromatic ring is 1. The fourth-order valence-corrected chi connectivity index (χ4v) is 3.82. The molecule has 1 aliphatic rings. The maximum Gasteiger partial charge on any atom is 0.282 e. The fraction of sp³-hybridized carbons (Fsp3) is 0.333. The van der Waals surface area contributed by atoms with Gasteiger partial charge in [-0.05, 0) is 25.1 Å². The van der Waals surface area contributed by atoms with Gasteiger partial charge in [0, 0.05) is 50.2 Å². The van der Waals surface area contributed by atoms with Gasteiger partial charge in [-0.3, -0.25) is 9.78 Å². The van der Waals surface area contributed by atoms with Crippen LogP contribution in [0.5, 0.6) is 0 Å². The number of hydrogen-bond donors (Lipinski definition) is 2. The highest BCUT2D eigenvalue weighted by atomic mass is 16.5. The van der Waals surface area contributed by atoms with Crippen LogP contribution < -0.4 is 20.9 Å². The highest BCUT2D eigenvalue weighted by Gasteiger charge is 2.20. The van der Waals surface area contributed by atoms with Gasteiger partial charge in [0.1, 0.15) is 0 Å². The number of carbonyl (C=O) groups excluding carboxylic acids is 1. The summed E-state index contributed by atoms with van der Waals surface area (Å²) in [5.41, 5.74) is 9.86. The van der Waals surface area contributed by atoms with Crippen LogP contribution in [0, 0.1) is 0 Å². The van der Waals surface area contributed by atoms with Gasteiger partial charge < -0.3 is 30.2 Å². The van der Waals surface area contributed by atoms with E-state index in [1.54, 1.807) is 18.6 Å². The molecule has 2 radical (unpaired) electrons. The number of amides is 1. The summed E-state index contributed by atoms with van der Waals surface area (Å²) < 4.78 is 10.2. The second-order valence-corrected chi connectivity index (χ2v) is 8.28. The van der Waals surface area contributed by atoms with E-state index in [0.717, 1.165) is 30.0 Å². The van der Waals surface area contributed by atoms with Gasteiger partial charge >= 0.3 is 0 Å². The Kier molecular flexibility index (Phi) is 7.79. The molecule has 0 unspecified atom stereocenters. The van der Waals surface area contributed by atoms with Gasteiger partial charge in [0.2, 0.25) is 0 Å². The Balaban J connectivity index is 1.54. The van der Waals surface area contributed by atoms with Crippen LogP contribution in [0.15, 0.2) is 48.9 Å². The first kappa shape index (κ1) is 24.4. The molecule has 1 saturated heterocycles. The molecule has 11 heteroatoms. The SMILES string of the molecule is [B]OC[C@H](C)N(C)c1ccc(-c2cnc(N)c(C(=O)Nc3cnccc3N3CCOCC3)n2)cc1. The number of morpholine rings is 1. The van der Waals surface area contributed by atoms with Gasteiger partial charge in [0.25, 0.3) is 14.0 Å². The number of hydrogen-bond acceptors (Lipinski definition) is 9. The largest absolute Gasteiger partial charge is 0.445 e. The van der Waals surface area contributed by atoms with E-state index in [1.807, 2.05) is 44.3 Å². The van der Waals surface area contributed by atoms with E-state index in [9.17, 15) is 4.79 Å². The highest BCUT2D eigenvalue weighted by molar-refractivity contribution is 6.07. The lowest BCUT2D eigenvalue weighted by atomic mass is 10.1. The Labute approximate surface area is 205 Å². The second-order valence-electron chi connectivity index (χ2n) is 8.28. The zero-order valence-corrected chi connectivity index (χ0v) is 19.8. The molecule has 0 aliphatic carbocycles. The van der Waals surface area contributed by atoms with Crippen molar-refractivity contribution < 1.29 is 14.2 Å². The minimum atomic E-state index is -0.452. The molecule has 1 aromatic carbocycles. The summed E-state index contributed by atoms with van der Waals surface area (Å²) in [4.78, 5) is 30.2. The topological polar surface area (TPSA) is 119 Å². The van der Waals surface area contributed by atoms with E-state index < -0.39 is 5.91 Å². The van der Waals surface area contributed by atoms with Crippen LogP contribution in [0.4, 0.5) is 22.9 Å². The van der Waals surface area contributed by atoms with E-state index in [2.05, 4.69) is 30.1 Å². The lowest BCUT2D eigenvalue weighted by Gasteiger charge is -2.30. The van der Waals surface area contributed by atoms with E-state index >= 15 is 0 Å². The summed E-state index contributed by atoms with van der Waals surface area (Å²) in [7, 11) is 7.16. The Bertz CT molecular complexity index is 1160. The van der Waals surface area contributed by atoms with Crippen molar-refractivity contribution >= 4 is 36.8 Å². The smallest absolute Gasteiger partial charge is 0.282 e. The summed E-state index contributed by atoms with van der Waals surface area (Å²) >= 11 is 0. The van der Waals surface area contributed by atoms with Crippen LogP contribution >= 0.6 is 0 Å². The lowest BCUT2D eigenvalue weighted by molar-refractivity contribution is 0.102. The lowest BCUT2D eigenvalue weighted by Crippen LogP contribution is -2.36. The van der Waals surface area contributed by atoms with Crippen molar-refractivity contribution in [2.45, 2.75) is 13.0 Å². The van der Waals surface area contributed by atoms with Crippen molar-refractivity contribution in [3.05, 3.63) is 54.6 Å². The molecule has 3 heterocycles. The molecule has 3 N–H and O–H groups in total. The van der Waals surface area contributed by atoms with Crippen molar-refractivity contribution in [1.82, 2.24) is 15.0 Å². The molecule has 10 nitrogen and oxygen atoms in total. The van der Waals surface area contributed by atoms with Crippen molar-refractivity contribution in [3.63, 3.8) is 0 Å². The Morgan fingerprint density at radius 3 is 2.71 bits per heavy atom. The highest BCUT2D eigenvalue weighted by Crippen LogP contribution is 2.27. The van der Waals surface area contributed by atoms with Gasteiger partial charge in [-0.1, -0.05) is 12.1 Å². The van der Waals surface area contributed by atoms with Crippen LogP contribution in [0.25, 0.3) is 11.3 Å². The number of nitrogens with zero attached hydrogens (tertiary/aromatic N) is 5. The molecule has 1 fully saturated rings. The third-order valence-electron chi connectivity index (χ3n) is 5.98. The molecule has 0 spiro atoms. The van der Waals surface area contributed by atoms with Gasteiger partial charge in [-0.25, -0.2) is 9.97 Å². The zero-order chi connectivity index (χ0) is 24.8. The summed E-state index contributed by atoms with van der Waals surface area (Å²) in [6, 6.07) is 9.73. The molecular weight excluding hydrogens is 445 g/mol. The molecule has 2 aromatic heterocycles. The number of likely N-dealkylation sites (N-methyl/N-ethyl adjacent to an activating group) is 1. The third kappa shape index (κ3) is 5.69. The standard InChI is InChI=1S/C24H28BN7O3/c1-16(15-35-25)31(2)18-5-3-17(4-6-18)19-14-28-23(26)22(29-19)24(33)30-20-13-27-8-7-21(20)32-9-11-34-12-10-32/h3-8,13-14,16H,9-12,15H2,1-2H3,(H2,26,28)(H,30,33)/t16-/m0/s1. The van der Waals surface area contributed by atoms with Crippen molar-refractivity contribution in [3.8, 4) is 11.3 Å². The van der Waals surface area contributed by atoms with Gasteiger partial charge in [0.15, 0.2) is 11.5 Å². The first-order valence-corrected chi connectivity index (χ1v) is 11.3. The first-order chi connectivity index (χ1) is 17.0. The first-order valence-electron chi connectivity index (χ1n) is 11.3. The molecular formula is C24H28BN7O3. The normalized spacial score (nSPS) is 14.4. The summed E-state index contributed by atoms with van der Waals surface area (Å²) in [6.45, 7) is 5.14. The number of ether oxygens (including phenoxy) is 1. The zero-order valence-electron chi connectivity index (χ0n) is 19.8. The predicted molar refractivity (Wildman–Crippen MR) is 137 cm³/mol. The number of anilines is 4. The minimum absolute atomic E-state index is 0.0502. The monoisotopic (exact) mass is 473 g/mol. The summed E-state index contributed by atoms with van der Waals surface area (Å²) in [6.07, 6.45) is 4.86. The average Bonchev–Trinajstić information content (AvgIpc) is 2.89. The van der Waals surface area contributed by atoms with Crippen molar-refractivity contribution in [2.24, 2.45) is 0 Å². The van der Waals surface area contributed by atoms with Crippen LogP contribution in [0.2, 0.25) is 0 Å². The number of nitrogens with one attached hydrogen (secondary N) is 1. The van der Waals surface area contributed by atoms with Gasteiger partial charge in [-0.2, -0.15) is 0 Å². The molecule has 1 aliphatic heterocycles. The molecule has 1 atom stereocenters. The second kappa shape index (κ2) is 11.2. The van der Waals surface area contributed by atoms with Crippen LogP contribution in [0.1, 0.15) is 17.4 Å². The quantitative estimate of drug-likeness (QED) is 0.475. The number of aromatic nitrogens is 3. The number of carbonyl (C=O) groups is 1. The van der Waals surface area contributed by atoms with Gasteiger partial charge in [-0.15, -0.1) is 0 Å². The predicted octanol–water partition coefficient (Wildman–Crippen LogP) is 2.13. The molecule has 3 aromatic rings. The van der Waals surface area contributed by atoms with Crippen LogP contribution in [0.3, 0.4) is 0 Å². The number of nitrogens with two attached hydrogens (primary N) is 1. The third-order valence-corrected chi connectivity index (χ3v) is 5.98. The fourth-order valence-electron chi connectivity index (χ4n) is 3.82. The Hall–Kier alpha value is -3.70. The van der Waals surface area contributed by atoms with Gasteiger partial charge in [0.05, 0.1) is 42.7 Å². The van der Waals surface area contributed by atoms with E-state index in [1.165, 1.54) is 0 Å². The molecule has 4 rings (SSSR count). The number of pyridine rings is 1. The van der Waals surface area contributed by atoms with Crippen molar-refractivity contribution in [1.29, 1.82) is 0 Å². The summed E-state index contributed by atoms with van der Waals surface area (Å²) in [5, 5.41) is 2.90. The van der Waals surface area contributed by atoms with E-state index in [4.69, 9.17) is 23.2 Å². The van der Waals surface area contributed by atoms with E-state index in [-0.39, 0.29) is 17.6 Å². The Morgan fingerprint density at radius 1 is 1.26 bits per heavy atom. The maximum atomic E-state index is 13.1. The number of rotatable bonds is 8.